The number of hydrogen-bond acceptors (Lipinski definition) is 6. The molecule has 0 bridgehead atoms. The van der Waals surface area contributed by atoms with E-state index in [4.69, 9.17) is 17.3 Å². The fourth-order valence-corrected chi connectivity index (χ4v) is 4.78. The van der Waals surface area contributed by atoms with Gasteiger partial charge < -0.3 is 25.4 Å². The highest BCUT2D eigenvalue weighted by atomic mass is 35.5. The first-order valence-electron chi connectivity index (χ1n) is 11.4. The lowest BCUT2D eigenvalue weighted by Gasteiger charge is -2.35. The van der Waals surface area contributed by atoms with E-state index in [1.165, 1.54) is 21.3 Å². The molecule has 0 aliphatic carbocycles. The van der Waals surface area contributed by atoms with Gasteiger partial charge in [-0.25, -0.2) is 9.18 Å². The predicted molar refractivity (Wildman–Crippen MR) is 137 cm³/mol. The van der Waals surface area contributed by atoms with Crippen LogP contribution in [0.1, 0.15) is 6.42 Å². The number of phenols is 1. The molecule has 10 heteroatoms. The van der Waals surface area contributed by atoms with Gasteiger partial charge in [-0.05, 0) is 42.3 Å². The van der Waals surface area contributed by atoms with Crippen LogP contribution < -0.4 is 16.3 Å². The Morgan fingerprint density at radius 2 is 1.86 bits per heavy atom. The molecule has 1 aliphatic heterocycles. The van der Waals surface area contributed by atoms with Gasteiger partial charge in [-0.1, -0.05) is 17.7 Å². The zero-order valence-electron chi connectivity index (χ0n) is 19.5. The molecule has 8 nitrogen and oxygen atoms in total. The van der Waals surface area contributed by atoms with Crippen LogP contribution in [-0.2, 0) is 7.05 Å². The number of benzene rings is 2. The first-order chi connectivity index (χ1) is 17.2. The SMILES string of the molecule is Cn1ccn(-c2ccc(-c3cc(F)cc(-c4cncc(N5CC[C@@H](O)[C@H](N)C5)c4)c3O)cc2Cl)c1=O. The molecule has 2 atom stereocenters. The van der Waals surface area contributed by atoms with E-state index in [-0.39, 0.29) is 33.6 Å². The summed E-state index contributed by atoms with van der Waals surface area (Å²) >= 11 is 6.48. The molecular formula is C26H25ClFN5O3. The molecule has 4 aromatic rings. The van der Waals surface area contributed by atoms with Crippen LogP contribution in [0.4, 0.5) is 10.1 Å². The zero-order valence-corrected chi connectivity index (χ0v) is 20.2. The van der Waals surface area contributed by atoms with E-state index in [0.29, 0.717) is 36.3 Å². The number of imidazole rings is 1. The fraction of sp³-hybridized carbons (Fsp3) is 0.231. The maximum atomic E-state index is 14.8. The van der Waals surface area contributed by atoms with E-state index in [9.17, 15) is 19.4 Å². The number of hydrogen-bond donors (Lipinski definition) is 3. The van der Waals surface area contributed by atoms with Gasteiger partial charge in [0.1, 0.15) is 11.6 Å². The van der Waals surface area contributed by atoms with Crippen molar-refractivity contribution in [3.63, 3.8) is 0 Å². The highest BCUT2D eigenvalue weighted by Crippen LogP contribution is 2.41. The Labute approximate surface area is 211 Å². The second kappa shape index (κ2) is 9.42. The number of nitrogens with two attached hydrogens (primary N) is 1. The molecule has 0 amide bonds. The lowest BCUT2D eigenvalue weighted by molar-refractivity contribution is 0.124. The summed E-state index contributed by atoms with van der Waals surface area (Å²) in [6, 6.07) is 8.84. The number of aryl methyl sites for hydroxylation is 1. The fourth-order valence-electron chi connectivity index (χ4n) is 4.51. The number of piperidine rings is 1. The molecule has 5 rings (SSSR count). The van der Waals surface area contributed by atoms with Gasteiger partial charge in [0.2, 0.25) is 0 Å². The number of aromatic hydroxyl groups is 1. The number of anilines is 1. The summed E-state index contributed by atoms with van der Waals surface area (Å²) in [6.45, 7) is 1.07. The van der Waals surface area contributed by atoms with Gasteiger partial charge in [0, 0.05) is 61.5 Å². The molecule has 186 valence electrons. The van der Waals surface area contributed by atoms with Crippen molar-refractivity contribution in [3.05, 3.63) is 82.5 Å². The first-order valence-corrected chi connectivity index (χ1v) is 11.8. The summed E-state index contributed by atoms with van der Waals surface area (Å²) in [4.78, 5) is 18.6. The summed E-state index contributed by atoms with van der Waals surface area (Å²) < 4.78 is 17.6. The summed E-state index contributed by atoms with van der Waals surface area (Å²) in [7, 11) is 1.64. The molecule has 3 heterocycles. The van der Waals surface area contributed by atoms with Crippen molar-refractivity contribution >= 4 is 17.3 Å². The van der Waals surface area contributed by atoms with E-state index in [1.54, 1.807) is 50.0 Å². The maximum absolute atomic E-state index is 14.8. The number of phenolic OH excluding ortho intramolecular Hbond substituents is 1. The summed E-state index contributed by atoms with van der Waals surface area (Å²) in [5.41, 5.74) is 8.57. The van der Waals surface area contributed by atoms with Crippen LogP contribution in [0.3, 0.4) is 0 Å². The molecule has 1 saturated heterocycles. The normalized spacial score (nSPS) is 18.0. The molecule has 4 N–H and O–H groups in total. The second-order valence-electron chi connectivity index (χ2n) is 8.98. The number of aliphatic hydroxyl groups excluding tert-OH is 1. The second-order valence-corrected chi connectivity index (χ2v) is 9.38. The highest BCUT2D eigenvalue weighted by molar-refractivity contribution is 6.32. The van der Waals surface area contributed by atoms with Crippen molar-refractivity contribution in [2.45, 2.75) is 18.6 Å². The van der Waals surface area contributed by atoms with Crippen LogP contribution in [0.2, 0.25) is 5.02 Å². The highest BCUT2D eigenvalue weighted by Gasteiger charge is 2.25. The number of pyridine rings is 1. The van der Waals surface area contributed by atoms with Crippen LogP contribution >= 0.6 is 11.6 Å². The lowest BCUT2D eigenvalue weighted by atomic mass is 9.97. The van der Waals surface area contributed by atoms with E-state index < -0.39 is 11.9 Å². The molecule has 0 radical (unpaired) electrons. The maximum Gasteiger partial charge on any atom is 0.332 e. The Bertz CT molecular complexity index is 1500. The van der Waals surface area contributed by atoms with Crippen molar-refractivity contribution in [1.82, 2.24) is 14.1 Å². The minimum absolute atomic E-state index is 0.123. The molecule has 2 aromatic carbocycles. The average molecular weight is 510 g/mol. The van der Waals surface area contributed by atoms with E-state index in [2.05, 4.69) is 4.98 Å². The molecule has 36 heavy (non-hydrogen) atoms. The van der Waals surface area contributed by atoms with Crippen LogP contribution in [-0.4, -0.2) is 49.6 Å². The topological polar surface area (TPSA) is 110 Å². The lowest BCUT2D eigenvalue weighted by Crippen LogP contribution is -2.51. The van der Waals surface area contributed by atoms with Crippen molar-refractivity contribution in [2.24, 2.45) is 12.8 Å². The first kappa shape index (κ1) is 24.1. The largest absolute Gasteiger partial charge is 0.507 e. The number of aromatic nitrogens is 3. The number of nitrogens with zero attached hydrogens (tertiary/aromatic N) is 4. The van der Waals surface area contributed by atoms with E-state index in [1.807, 2.05) is 11.0 Å². The zero-order chi connectivity index (χ0) is 25.6. The minimum Gasteiger partial charge on any atom is -0.507 e. The van der Waals surface area contributed by atoms with Gasteiger partial charge in [0.15, 0.2) is 0 Å². The van der Waals surface area contributed by atoms with Crippen molar-refractivity contribution in [1.29, 1.82) is 0 Å². The van der Waals surface area contributed by atoms with Gasteiger partial charge in [0.05, 0.1) is 28.7 Å². The van der Waals surface area contributed by atoms with Crippen LogP contribution in [0, 0.1) is 5.82 Å². The van der Waals surface area contributed by atoms with Gasteiger partial charge in [-0.3, -0.25) is 9.55 Å². The van der Waals surface area contributed by atoms with Crippen molar-refractivity contribution in [2.75, 3.05) is 18.0 Å². The van der Waals surface area contributed by atoms with Crippen LogP contribution in [0.25, 0.3) is 27.9 Å². The van der Waals surface area contributed by atoms with E-state index >= 15 is 0 Å². The standard InChI is InChI=1S/C26H25ClFN5O3/c1-31-6-7-33(26(31)36)23-3-2-15(9-21(23)27)19-10-17(28)11-20(25(19)35)16-8-18(13-30-12-16)32-5-4-24(34)22(29)14-32/h2-3,6-13,22,24,34-35H,4-5,14,29H2,1H3/t22-,24-/m1/s1. The van der Waals surface area contributed by atoms with Crippen molar-refractivity contribution < 1.29 is 14.6 Å². The molecule has 0 spiro atoms. The van der Waals surface area contributed by atoms with Crippen molar-refractivity contribution in [3.8, 4) is 33.7 Å². The van der Waals surface area contributed by atoms with Gasteiger partial charge in [-0.15, -0.1) is 0 Å². The van der Waals surface area contributed by atoms with Gasteiger partial charge in [0.25, 0.3) is 0 Å². The van der Waals surface area contributed by atoms with Gasteiger partial charge in [-0.2, -0.15) is 0 Å². The van der Waals surface area contributed by atoms with Crippen LogP contribution in [0.5, 0.6) is 5.75 Å². The third kappa shape index (κ3) is 4.37. The molecule has 1 aliphatic rings. The van der Waals surface area contributed by atoms with Gasteiger partial charge >= 0.3 is 5.69 Å². The molecular weight excluding hydrogens is 485 g/mol. The number of halogens is 2. The molecule has 2 aromatic heterocycles. The Kier molecular flexibility index (Phi) is 6.29. The molecule has 1 fully saturated rings. The Balaban J connectivity index is 1.52. The Morgan fingerprint density at radius 3 is 2.53 bits per heavy atom. The van der Waals surface area contributed by atoms with Crippen LogP contribution in [0.15, 0.2) is 66.0 Å². The summed E-state index contributed by atoms with van der Waals surface area (Å²) in [5, 5.41) is 21.4. The number of aliphatic hydroxyl groups is 1. The average Bonchev–Trinajstić information content (AvgIpc) is 3.20. The summed E-state index contributed by atoms with van der Waals surface area (Å²) in [6.07, 6.45) is 6.45. The monoisotopic (exact) mass is 509 g/mol. The molecule has 0 unspecified atom stereocenters. The third-order valence-corrected chi connectivity index (χ3v) is 6.86. The smallest absolute Gasteiger partial charge is 0.332 e. The predicted octanol–water partition coefficient (Wildman–Crippen LogP) is 3.30. The minimum atomic E-state index is -0.550. The van der Waals surface area contributed by atoms with E-state index in [0.717, 1.165) is 5.69 Å². The molecule has 0 saturated carbocycles. The Morgan fingerprint density at radius 1 is 1.11 bits per heavy atom. The number of rotatable bonds is 4. The third-order valence-electron chi connectivity index (χ3n) is 6.56. The Hall–Kier alpha value is -3.66. The summed E-state index contributed by atoms with van der Waals surface area (Å²) in [5.74, 6) is -0.660. The quantitative estimate of drug-likeness (QED) is 0.389.